The van der Waals surface area contributed by atoms with E-state index in [-0.39, 0.29) is 30.6 Å². The number of rotatable bonds is 4. The van der Waals surface area contributed by atoms with Crippen molar-refractivity contribution in [2.45, 2.75) is 6.42 Å². The van der Waals surface area contributed by atoms with Crippen molar-refractivity contribution >= 4 is 42.2 Å². The number of piperazine rings is 1. The summed E-state index contributed by atoms with van der Waals surface area (Å²) in [6.07, 6.45) is 0.573. The van der Waals surface area contributed by atoms with Crippen LogP contribution >= 0.6 is 36.4 Å². The summed E-state index contributed by atoms with van der Waals surface area (Å²) in [5.41, 5.74) is 0.719. The maximum atomic E-state index is 12.0. The zero-order valence-electron chi connectivity index (χ0n) is 11.5. The summed E-state index contributed by atoms with van der Waals surface area (Å²) in [5.74, 6) is 0.177. The van der Waals surface area contributed by atoms with Crippen LogP contribution in [0.5, 0.6) is 0 Å². The van der Waals surface area contributed by atoms with Crippen molar-refractivity contribution < 1.29 is 4.79 Å². The molecule has 1 aromatic carbocycles. The molecule has 1 saturated heterocycles. The van der Waals surface area contributed by atoms with E-state index in [9.17, 15) is 4.79 Å². The number of halogens is 3. The normalized spacial score (nSPS) is 16.1. The van der Waals surface area contributed by atoms with Gasteiger partial charge in [0.1, 0.15) is 0 Å². The topological polar surface area (TPSA) is 23.6 Å². The first-order valence-corrected chi connectivity index (χ1v) is 6.72. The Bertz CT molecular complexity index is 421. The minimum Gasteiger partial charge on any atom is -0.304 e. The third kappa shape index (κ3) is 5.98. The molecule has 0 atom stereocenters. The highest BCUT2D eigenvalue weighted by Crippen LogP contribution is 2.12. The predicted molar refractivity (Wildman–Crippen MR) is 88.8 cm³/mol. The minimum atomic E-state index is 0. The fourth-order valence-corrected chi connectivity index (χ4v) is 2.33. The number of likely N-dealkylation sites (N-methyl/N-ethyl adjacent to an activating group) is 1. The van der Waals surface area contributed by atoms with Gasteiger partial charge in [0.15, 0.2) is 5.78 Å². The summed E-state index contributed by atoms with van der Waals surface area (Å²) in [5, 5.41) is 0.625. The summed E-state index contributed by atoms with van der Waals surface area (Å²) < 4.78 is 0. The second-order valence-electron chi connectivity index (χ2n) is 4.83. The van der Waals surface area contributed by atoms with E-state index in [2.05, 4.69) is 16.8 Å². The summed E-state index contributed by atoms with van der Waals surface area (Å²) in [4.78, 5) is 16.7. The maximum absolute atomic E-state index is 12.0. The van der Waals surface area contributed by atoms with Crippen LogP contribution in [-0.2, 0) is 0 Å². The zero-order chi connectivity index (χ0) is 13.0. The Kier molecular flexibility index (Phi) is 9.43. The molecule has 0 radical (unpaired) electrons. The average Bonchev–Trinajstić information content (AvgIpc) is 2.38. The van der Waals surface area contributed by atoms with Gasteiger partial charge in [-0.1, -0.05) is 23.7 Å². The number of hydrogen-bond donors (Lipinski definition) is 0. The Labute approximate surface area is 138 Å². The van der Waals surface area contributed by atoms with Gasteiger partial charge in [0.05, 0.1) is 0 Å². The molecule has 0 N–H and O–H groups in total. The summed E-state index contributed by atoms with van der Waals surface area (Å²) >= 11 is 5.89. The second-order valence-corrected chi connectivity index (χ2v) is 5.26. The van der Waals surface area contributed by atoms with Crippen molar-refractivity contribution in [1.82, 2.24) is 9.80 Å². The molecule has 0 saturated carbocycles. The molecule has 1 heterocycles. The lowest BCUT2D eigenvalue weighted by molar-refractivity contribution is 0.0942. The number of carbonyl (C=O) groups is 1. The van der Waals surface area contributed by atoms with E-state index in [0.717, 1.165) is 38.3 Å². The van der Waals surface area contributed by atoms with Gasteiger partial charge in [0.25, 0.3) is 0 Å². The molecule has 114 valence electrons. The van der Waals surface area contributed by atoms with Crippen molar-refractivity contribution in [1.29, 1.82) is 0 Å². The number of carbonyl (C=O) groups excluding carboxylic acids is 1. The molecule has 0 unspecified atom stereocenters. The van der Waals surface area contributed by atoms with Gasteiger partial charge < -0.3 is 9.80 Å². The zero-order valence-corrected chi connectivity index (χ0v) is 13.9. The van der Waals surface area contributed by atoms with Crippen LogP contribution < -0.4 is 0 Å². The Balaban J connectivity index is 0.00000180. The van der Waals surface area contributed by atoms with Crippen LogP contribution in [0.25, 0.3) is 0 Å². The number of hydrogen-bond acceptors (Lipinski definition) is 3. The Hall–Kier alpha value is -0.320. The Morgan fingerprint density at radius 3 is 2.45 bits per heavy atom. The third-order valence-corrected chi connectivity index (χ3v) is 3.63. The largest absolute Gasteiger partial charge is 0.304 e. The molecule has 1 fully saturated rings. The lowest BCUT2D eigenvalue weighted by Crippen LogP contribution is -2.45. The molecule has 1 aliphatic heterocycles. The van der Waals surface area contributed by atoms with E-state index in [1.807, 2.05) is 12.1 Å². The quantitative estimate of drug-likeness (QED) is 0.788. The molecule has 3 nitrogen and oxygen atoms in total. The van der Waals surface area contributed by atoms with Crippen LogP contribution in [0.1, 0.15) is 16.8 Å². The number of ketones is 1. The molecule has 0 amide bonds. The van der Waals surface area contributed by atoms with Gasteiger partial charge in [-0.05, 0) is 19.2 Å². The molecular weight excluding hydrogens is 319 g/mol. The van der Waals surface area contributed by atoms with Crippen LogP contribution in [0.3, 0.4) is 0 Å². The maximum Gasteiger partial charge on any atom is 0.164 e. The van der Waals surface area contributed by atoms with Crippen molar-refractivity contribution in [2.75, 3.05) is 39.8 Å². The van der Waals surface area contributed by atoms with Crippen LogP contribution in [0.15, 0.2) is 24.3 Å². The van der Waals surface area contributed by atoms with Gasteiger partial charge in [-0.2, -0.15) is 0 Å². The van der Waals surface area contributed by atoms with Gasteiger partial charge >= 0.3 is 0 Å². The standard InChI is InChI=1S/C14H19ClN2O.2ClH/c1-16-7-9-17(10-8-16)6-5-14(18)12-3-2-4-13(15)11-12;;/h2-4,11H,5-10H2,1H3;2*1H. The summed E-state index contributed by atoms with van der Waals surface area (Å²) in [6, 6.07) is 7.19. The molecule has 20 heavy (non-hydrogen) atoms. The molecule has 1 aliphatic rings. The van der Waals surface area contributed by atoms with Crippen LogP contribution in [0, 0.1) is 0 Å². The number of benzene rings is 1. The van der Waals surface area contributed by atoms with Crippen LogP contribution in [-0.4, -0.2) is 55.4 Å². The van der Waals surface area contributed by atoms with Gasteiger partial charge in [-0.3, -0.25) is 4.79 Å². The van der Waals surface area contributed by atoms with E-state index in [4.69, 9.17) is 11.6 Å². The minimum absolute atomic E-state index is 0. The van der Waals surface area contributed by atoms with Crippen molar-refractivity contribution in [3.8, 4) is 0 Å². The van der Waals surface area contributed by atoms with E-state index >= 15 is 0 Å². The lowest BCUT2D eigenvalue weighted by Gasteiger charge is -2.32. The molecule has 6 heteroatoms. The van der Waals surface area contributed by atoms with Crippen molar-refractivity contribution in [2.24, 2.45) is 0 Å². The molecule has 0 spiro atoms. The van der Waals surface area contributed by atoms with Crippen molar-refractivity contribution in [3.63, 3.8) is 0 Å². The van der Waals surface area contributed by atoms with E-state index < -0.39 is 0 Å². The highest BCUT2D eigenvalue weighted by Gasteiger charge is 2.15. The fourth-order valence-electron chi connectivity index (χ4n) is 2.14. The highest BCUT2D eigenvalue weighted by atomic mass is 35.5. The molecule has 2 rings (SSSR count). The van der Waals surface area contributed by atoms with Gasteiger partial charge in [0, 0.05) is 49.7 Å². The first-order chi connectivity index (χ1) is 8.65. The number of Topliss-reactive ketones (excluding diaryl/α,β-unsaturated/α-hetero) is 1. The molecule has 0 aliphatic carbocycles. The highest BCUT2D eigenvalue weighted by molar-refractivity contribution is 6.31. The Morgan fingerprint density at radius 2 is 1.85 bits per heavy atom. The first kappa shape index (κ1) is 19.7. The van der Waals surface area contributed by atoms with Gasteiger partial charge in [-0.15, -0.1) is 24.8 Å². The van der Waals surface area contributed by atoms with Gasteiger partial charge in [-0.25, -0.2) is 0 Å². The fraction of sp³-hybridized carbons (Fsp3) is 0.500. The average molecular weight is 340 g/mol. The third-order valence-electron chi connectivity index (χ3n) is 3.40. The Morgan fingerprint density at radius 1 is 1.20 bits per heavy atom. The van der Waals surface area contributed by atoms with E-state index in [1.165, 1.54) is 0 Å². The molecule has 0 bridgehead atoms. The van der Waals surface area contributed by atoms with Crippen LogP contribution in [0.2, 0.25) is 5.02 Å². The summed E-state index contributed by atoms with van der Waals surface area (Å²) in [6.45, 7) is 5.13. The van der Waals surface area contributed by atoms with Crippen molar-refractivity contribution in [3.05, 3.63) is 34.9 Å². The van der Waals surface area contributed by atoms with Crippen LogP contribution in [0.4, 0.5) is 0 Å². The lowest BCUT2D eigenvalue weighted by atomic mass is 10.1. The SMILES string of the molecule is CN1CCN(CCC(=O)c2cccc(Cl)c2)CC1.Cl.Cl. The van der Waals surface area contributed by atoms with E-state index in [0.29, 0.717) is 11.4 Å². The monoisotopic (exact) mass is 338 g/mol. The summed E-state index contributed by atoms with van der Waals surface area (Å²) in [7, 11) is 2.13. The molecule has 1 aromatic rings. The predicted octanol–water partition coefficient (Wildman–Crippen LogP) is 3.00. The molecular formula is C14H21Cl3N2O. The number of nitrogens with zero attached hydrogens (tertiary/aromatic N) is 2. The second kappa shape index (κ2) is 9.59. The van der Waals surface area contributed by atoms with Gasteiger partial charge in [0.2, 0.25) is 0 Å². The first-order valence-electron chi connectivity index (χ1n) is 6.35. The smallest absolute Gasteiger partial charge is 0.164 e. The van der Waals surface area contributed by atoms with E-state index in [1.54, 1.807) is 12.1 Å². The molecule has 0 aromatic heterocycles.